The van der Waals surface area contributed by atoms with Gasteiger partial charge in [0.1, 0.15) is 0 Å². The largest absolute Gasteiger partial charge is 0.465 e. The molecule has 7 heteroatoms. The lowest BCUT2D eigenvalue weighted by Gasteiger charge is -2.08. The van der Waals surface area contributed by atoms with Gasteiger partial charge in [0.15, 0.2) is 0 Å². The topological polar surface area (TPSA) is 61.4 Å². The van der Waals surface area contributed by atoms with Gasteiger partial charge in [-0.15, -0.1) is 11.3 Å². The van der Waals surface area contributed by atoms with Gasteiger partial charge in [0.2, 0.25) is 0 Å². The van der Waals surface area contributed by atoms with E-state index in [-0.39, 0.29) is 0 Å². The zero-order chi connectivity index (χ0) is 13.8. The molecule has 0 bridgehead atoms. The lowest BCUT2D eigenvalue weighted by atomic mass is 10.2. The maximum absolute atomic E-state index is 10.5. The molecule has 0 aliphatic rings. The van der Waals surface area contributed by atoms with E-state index < -0.39 is 6.09 Å². The van der Waals surface area contributed by atoms with E-state index in [0.29, 0.717) is 17.3 Å². The molecule has 0 saturated carbocycles. The summed E-state index contributed by atoms with van der Waals surface area (Å²) in [5.41, 5.74) is 1.21. The number of halogens is 2. The molecule has 0 atom stereocenters. The van der Waals surface area contributed by atoms with Crippen LogP contribution in [0.5, 0.6) is 0 Å². The number of hydrogen-bond donors (Lipinski definition) is 3. The van der Waals surface area contributed by atoms with Gasteiger partial charge in [-0.3, -0.25) is 5.32 Å². The van der Waals surface area contributed by atoms with Crippen LogP contribution in [0.4, 0.5) is 16.2 Å². The Labute approximate surface area is 127 Å². The first-order chi connectivity index (χ1) is 9.04. The quantitative estimate of drug-likeness (QED) is 0.728. The second-order valence-corrected chi connectivity index (χ2v) is 6.64. The van der Waals surface area contributed by atoms with Crippen LogP contribution in [0.3, 0.4) is 0 Å². The highest BCUT2D eigenvalue weighted by molar-refractivity contribution is 9.11. The molecule has 1 aromatic carbocycles. The summed E-state index contributed by atoms with van der Waals surface area (Å²) in [6.45, 7) is 0.693. The summed E-state index contributed by atoms with van der Waals surface area (Å²) >= 11 is 11.1. The second-order valence-electron chi connectivity index (χ2n) is 3.68. The van der Waals surface area contributed by atoms with E-state index in [2.05, 4.69) is 26.6 Å². The van der Waals surface area contributed by atoms with Crippen molar-refractivity contribution in [3.63, 3.8) is 0 Å². The summed E-state index contributed by atoms with van der Waals surface area (Å²) in [7, 11) is 0. The fourth-order valence-corrected chi connectivity index (χ4v) is 3.13. The molecule has 1 heterocycles. The first-order valence-electron chi connectivity index (χ1n) is 5.32. The maximum Gasteiger partial charge on any atom is 0.409 e. The molecule has 0 radical (unpaired) electrons. The van der Waals surface area contributed by atoms with Crippen LogP contribution in [0.2, 0.25) is 5.02 Å². The highest BCUT2D eigenvalue weighted by Crippen LogP contribution is 2.27. The second kappa shape index (κ2) is 6.27. The van der Waals surface area contributed by atoms with Crippen LogP contribution in [0.15, 0.2) is 34.1 Å². The summed E-state index contributed by atoms with van der Waals surface area (Å²) < 4.78 is 1.09. The lowest BCUT2D eigenvalue weighted by Crippen LogP contribution is -2.07. The van der Waals surface area contributed by atoms with Crippen molar-refractivity contribution in [2.24, 2.45) is 0 Å². The number of amides is 1. The van der Waals surface area contributed by atoms with Crippen LogP contribution >= 0.6 is 38.9 Å². The van der Waals surface area contributed by atoms with Crippen LogP contribution in [0.25, 0.3) is 0 Å². The number of anilines is 2. The smallest absolute Gasteiger partial charge is 0.409 e. The van der Waals surface area contributed by atoms with Crippen LogP contribution in [-0.4, -0.2) is 11.2 Å². The average molecular weight is 362 g/mol. The monoisotopic (exact) mass is 360 g/mol. The number of hydrogen-bond acceptors (Lipinski definition) is 3. The Morgan fingerprint density at radius 2 is 2.16 bits per heavy atom. The Morgan fingerprint density at radius 3 is 2.74 bits per heavy atom. The minimum Gasteiger partial charge on any atom is -0.465 e. The van der Waals surface area contributed by atoms with E-state index in [4.69, 9.17) is 16.7 Å². The van der Waals surface area contributed by atoms with Crippen LogP contribution in [0.1, 0.15) is 4.88 Å². The minimum absolute atomic E-state index is 0.361. The molecule has 0 fully saturated rings. The van der Waals surface area contributed by atoms with Gasteiger partial charge in [0.25, 0.3) is 0 Å². The normalized spacial score (nSPS) is 10.2. The van der Waals surface area contributed by atoms with Crippen molar-refractivity contribution in [3.05, 3.63) is 44.0 Å². The molecule has 0 saturated heterocycles. The molecule has 1 amide bonds. The Bertz CT molecular complexity index is 603. The number of nitrogens with one attached hydrogen (secondary N) is 2. The van der Waals surface area contributed by atoms with Crippen LogP contribution < -0.4 is 10.6 Å². The summed E-state index contributed by atoms with van der Waals surface area (Å²) in [4.78, 5) is 11.7. The fraction of sp³-hybridized carbons (Fsp3) is 0.0833. The molecule has 0 aliphatic heterocycles. The molecule has 0 spiro atoms. The molecule has 0 aliphatic carbocycles. The molecule has 2 rings (SSSR count). The third-order valence-electron chi connectivity index (χ3n) is 2.31. The summed E-state index contributed by atoms with van der Waals surface area (Å²) in [6.07, 6.45) is -1.13. The molecule has 4 nitrogen and oxygen atoms in total. The van der Waals surface area contributed by atoms with Gasteiger partial charge in [0, 0.05) is 17.1 Å². The third-order valence-corrected chi connectivity index (χ3v) is 4.24. The van der Waals surface area contributed by atoms with Gasteiger partial charge in [-0.05, 0) is 46.3 Å². The zero-order valence-electron chi connectivity index (χ0n) is 9.61. The van der Waals surface area contributed by atoms with Crippen LogP contribution in [0, 0.1) is 0 Å². The first kappa shape index (κ1) is 14.2. The van der Waals surface area contributed by atoms with E-state index in [1.54, 1.807) is 29.5 Å². The van der Waals surface area contributed by atoms with Crippen molar-refractivity contribution in [2.75, 3.05) is 10.6 Å². The molecule has 100 valence electrons. The average Bonchev–Trinajstić information content (AvgIpc) is 2.75. The molecule has 2 aromatic rings. The fourth-order valence-electron chi connectivity index (χ4n) is 1.48. The van der Waals surface area contributed by atoms with Gasteiger partial charge in [0.05, 0.1) is 14.5 Å². The number of benzene rings is 1. The molecule has 1 aromatic heterocycles. The number of thiophene rings is 1. The predicted molar refractivity (Wildman–Crippen MR) is 82.4 cm³/mol. The Kier molecular flexibility index (Phi) is 4.68. The van der Waals surface area contributed by atoms with Crippen molar-refractivity contribution < 1.29 is 9.90 Å². The zero-order valence-corrected chi connectivity index (χ0v) is 12.8. The summed E-state index contributed by atoms with van der Waals surface area (Å²) in [5.74, 6) is 0. The minimum atomic E-state index is -1.13. The predicted octanol–water partition coefficient (Wildman–Crippen LogP) is 4.87. The van der Waals surface area contributed by atoms with Crippen molar-refractivity contribution in [1.82, 2.24) is 0 Å². The highest BCUT2D eigenvalue weighted by Gasteiger charge is 2.05. The SMILES string of the molecule is O=C(O)Nc1ccc(NCc2ccc(Br)s2)cc1Cl. The van der Waals surface area contributed by atoms with Crippen LogP contribution in [-0.2, 0) is 6.54 Å². The molecular formula is C12H10BrClN2O2S. The van der Waals surface area contributed by atoms with Crippen molar-refractivity contribution in [3.8, 4) is 0 Å². The standard InChI is InChI=1S/C12H10BrClN2O2S/c13-11-4-2-8(19-11)6-15-7-1-3-10(9(14)5-7)16-12(17)18/h1-5,15-16H,6H2,(H,17,18). The van der Waals surface area contributed by atoms with Gasteiger partial charge >= 0.3 is 6.09 Å². The summed E-state index contributed by atoms with van der Waals surface area (Å²) in [6, 6.07) is 9.12. The maximum atomic E-state index is 10.5. The van der Waals surface area contributed by atoms with Crippen molar-refractivity contribution >= 4 is 56.3 Å². The van der Waals surface area contributed by atoms with E-state index in [9.17, 15) is 4.79 Å². The molecule has 0 unspecified atom stereocenters. The van der Waals surface area contributed by atoms with E-state index in [1.165, 1.54) is 4.88 Å². The number of rotatable bonds is 4. The lowest BCUT2D eigenvalue weighted by molar-refractivity contribution is 0.210. The van der Waals surface area contributed by atoms with Crippen molar-refractivity contribution in [1.29, 1.82) is 0 Å². The van der Waals surface area contributed by atoms with Gasteiger partial charge < -0.3 is 10.4 Å². The number of carbonyl (C=O) groups is 1. The van der Waals surface area contributed by atoms with Crippen molar-refractivity contribution in [2.45, 2.75) is 6.54 Å². The Balaban J connectivity index is 2.01. The van der Waals surface area contributed by atoms with Gasteiger partial charge in [-0.1, -0.05) is 11.6 Å². The summed E-state index contributed by atoms with van der Waals surface area (Å²) in [5, 5.41) is 14.4. The molecule has 19 heavy (non-hydrogen) atoms. The Morgan fingerprint density at radius 1 is 1.37 bits per heavy atom. The Hall–Kier alpha value is -1.24. The van der Waals surface area contributed by atoms with E-state index >= 15 is 0 Å². The third kappa shape index (κ3) is 4.12. The highest BCUT2D eigenvalue weighted by atomic mass is 79.9. The first-order valence-corrected chi connectivity index (χ1v) is 7.31. The van der Waals surface area contributed by atoms with Gasteiger partial charge in [-0.25, -0.2) is 4.79 Å². The number of carboxylic acid groups (broad SMARTS) is 1. The molecule has 3 N–H and O–H groups in total. The molecular weight excluding hydrogens is 352 g/mol. The van der Waals surface area contributed by atoms with Gasteiger partial charge in [-0.2, -0.15) is 0 Å². The van der Waals surface area contributed by atoms with E-state index in [1.807, 2.05) is 12.1 Å². The van der Waals surface area contributed by atoms with E-state index in [0.717, 1.165) is 9.47 Å².